The number of carbonyl (C=O) groups is 2. The summed E-state index contributed by atoms with van der Waals surface area (Å²) in [5, 5.41) is 0. The lowest BCUT2D eigenvalue weighted by Gasteiger charge is -2.15. The van der Waals surface area contributed by atoms with E-state index in [1.165, 1.54) is 32.6 Å². The second kappa shape index (κ2) is 12.9. The molecule has 0 amide bonds. The molecular formula is C16H30O4. The van der Waals surface area contributed by atoms with E-state index in [4.69, 9.17) is 9.47 Å². The zero-order valence-corrected chi connectivity index (χ0v) is 13.3. The molecule has 4 heteroatoms. The van der Waals surface area contributed by atoms with Crippen LogP contribution in [0.4, 0.5) is 0 Å². The first-order valence-electron chi connectivity index (χ1n) is 7.95. The van der Waals surface area contributed by atoms with E-state index in [1.54, 1.807) is 0 Å². The van der Waals surface area contributed by atoms with Crippen molar-refractivity contribution in [3.05, 3.63) is 0 Å². The number of unbranched alkanes of at least 4 members (excludes halogenated alkanes) is 6. The summed E-state index contributed by atoms with van der Waals surface area (Å²) in [5.41, 5.74) is 0. The summed E-state index contributed by atoms with van der Waals surface area (Å²) < 4.78 is 10.2. The first-order chi connectivity index (χ1) is 9.61. The Morgan fingerprint density at radius 2 is 1.50 bits per heavy atom. The fourth-order valence-corrected chi connectivity index (χ4v) is 1.96. The molecular weight excluding hydrogens is 256 g/mol. The first-order valence-corrected chi connectivity index (χ1v) is 7.95. The summed E-state index contributed by atoms with van der Waals surface area (Å²) in [6, 6.07) is 0. The SMILES string of the molecule is CCCCCCCCOC(=O)C(CCCC)OC(C)=O. The van der Waals surface area contributed by atoms with E-state index in [0.717, 1.165) is 25.7 Å². The monoisotopic (exact) mass is 286 g/mol. The lowest BCUT2D eigenvalue weighted by molar-refractivity contribution is -0.167. The molecule has 0 radical (unpaired) electrons. The van der Waals surface area contributed by atoms with Crippen molar-refractivity contribution in [3.63, 3.8) is 0 Å². The van der Waals surface area contributed by atoms with Crippen LogP contribution in [0.1, 0.15) is 78.6 Å². The van der Waals surface area contributed by atoms with Gasteiger partial charge in [-0.15, -0.1) is 0 Å². The predicted octanol–water partition coefficient (Wildman–Crippen LogP) is 4.01. The zero-order valence-electron chi connectivity index (χ0n) is 13.3. The lowest BCUT2D eigenvalue weighted by atomic mass is 10.1. The molecule has 20 heavy (non-hydrogen) atoms. The van der Waals surface area contributed by atoms with Crippen LogP contribution in [0.15, 0.2) is 0 Å². The van der Waals surface area contributed by atoms with Crippen LogP contribution in [0.3, 0.4) is 0 Å². The average molecular weight is 286 g/mol. The molecule has 4 nitrogen and oxygen atoms in total. The first kappa shape index (κ1) is 18.9. The molecule has 0 aromatic rings. The maximum Gasteiger partial charge on any atom is 0.347 e. The highest BCUT2D eigenvalue weighted by molar-refractivity contribution is 5.78. The third kappa shape index (κ3) is 10.8. The molecule has 0 aliphatic rings. The van der Waals surface area contributed by atoms with E-state index in [-0.39, 0.29) is 0 Å². The number of ether oxygens (including phenoxy) is 2. The zero-order chi connectivity index (χ0) is 15.2. The molecule has 1 atom stereocenters. The Morgan fingerprint density at radius 3 is 2.10 bits per heavy atom. The van der Waals surface area contributed by atoms with Gasteiger partial charge in [-0.05, 0) is 19.3 Å². The fraction of sp³-hybridized carbons (Fsp3) is 0.875. The van der Waals surface area contributed by atoms with Crippen molar-refractivity contribution in [1.29, 1.82) is 0 Å². The standard InChI is InChI=1S/C16H30O4/c1-4-6-8-9-10-11-13-19-16(18)15(12-7-5-2)20-14(3)17/h15H,4-13H2,1-3H3. The van der Waals surface area contributed by atoms with Crippen LogP contribution in [-0.2, 0) is 19.1 Å². The summed E-state index contributed by atoms with van der Waals surface area (Å²) in [4.78, 5) is 22.8. The Labute approximate surface area is 123 Å². The van der Waals surface area contributed by atoms with Crippen LogP contribution >= 0.6 is 0 Å². The molecule has 0 saturated heterocycles. The lowest BCUT2D eigenvalue weighted by Crippen LogP contribution is -2.28. The van der Waals surface area contributed by atoms with Crippen molar-refractivity contribution in [3.8, 4) is 0 Å². The average Bonchev–Trinajstić information content (AvgIpc) is 2.41. The van der Waals surface area contributed by atoms with Crippen molar-refractivity contribution in [2.75, 3.05) is 6.61 Å². The molecule has 118 valence electrons. The molecule has 0 aliphatic carbocycles. The third-order valence-corrected chi connectivity index (χ3v) is 3.13. The van der Waals surface area contributed by atoms with Crippen LogP contribution in [0, 0.1) is 0 Å². The topological polar surface area (TPSA) is 52.6 Å². The van der Waals surface area contributed by atoms with Gasteiger partial charge >= 0.3 is 11.9 Å². The van der Waals surface area contributed by atoms with Crippen molar-refractivity contribution >= 4 is 11.9 Å². The van der Waals surface area contributed by atoms with Gasteiger partial charge in [0.05, 0.1) is 6.61 Å². The largest absolute Gasteiger partial charge is 0.463 e. The van der Waals surface area contributed by atoms with E-state index >= 15 is 0 Å². The predicted molar refractivity (Wildman–Crippen MR) is 79.4 cm³/mol. The van der Waals surface area contributed by atoms with Crippen molar-refractivity contribution in [2.45, 2.75) is 84.7 Å². The molecule has 0 aromatic carbocycles. The van der Waals surface area contributed by atoms with E-state index in [0.29, 0.717) is 13.0 Å². The molecule has 0 rings (SSSR count). The van der Waals surface area contributed by atoms with Crippen molar-refractivity contribution in [1.82, 2.24) is 0 Å². The smallest absolute Gasteiger partial charge is 0.347 e. The molecule has 0 bridgehead atoms. The molecule has 1 unspecified atom stereocenters. The second-order valence-electron chi connectivity index (χ2n) is 5.18. The maximum absolute atomic E-state index is 11.8. The minimum Gasteiger partial charge on any atom is -0.463 e. The van der Waals surface area contributed by atoms with E-state index in [1.807, 2.05) is 6.92 Å². The fourth-order valence-electron chi connectivity index (χ4n) is 1.96. The summed E-state index contributed by atoms with van der Waals surface area (Å²) >= 11 is 0. The number of esters is 2. The Balaban J connectivity index is 3.79. The van der Waals surface area contributed by atoms with Gasteiger partial charge in [0.1, 0.15) is 0 Å². The molecule has 0 aliphatic heterocycles. The molecule has 0 N–H and O–H groups in total. The highest BCUT2D eigenvalue weighted by Crippen LogP contribution is 2.09. The summed E-state index contributed by atoms with van der Waals surface area (Å²) in [6.07, 6.45) is 8.54. The minimum atomic E-state index is -0.729. The van der Waals surface area contributed by atoms with Crippen molar-refractivity contribution < 1.29 is 19.1 Å². The number of hydrogen-bond acceptors (Lipinski definition) is 4. The quantitative estimate of drug-likeness (QED) is 0.402. The van der Waals surface area contributed by atoms with E-state index in [2.05, 4.69) is 6.92 Å². The van der Waals surface area contributed by atoms with Gasteiger partial charge in [0, 0.05) is 6.92 Å². The van der Waals surface area contributed by atoms with Crippen LogP contribution in [0.5, 0.6) is 0 Å². The highest BCUT2D eigenvalue weighted by atomic mass is 16.6. The van der Waals surface area contributed by atoms with Crippen LogP contribution in [0.25, 0.3) is 0 Å². The Morgan fingerprint density at radius 1 is 0.900 bits per heavy atom. The maximum atomic E-state index is 11.8. The number of carbonyl (C=O) groups excluding carboxylic acids is 2. The van der Waals surface area contributed by atoms with Gasteiger partial charge < -0.3 is 9.47 Å². The highest BCUT2D eigenvalue weighted by Gasteiger charge is 2.22. The molecule has 0 aromatic heterocycles. The molecule has 0 saturated carbocycles. The Bertz CT molecular complexity index is 263. The van der Waals surface area contributed by atoms with E-state index < -0.39 is 18.0 Å². The van der Waals surface area contributed by atoms with Crippen molar-refractivity contribution in [2.24, 2.45) is 0 Å². The third-order valence-electron chi connectivity index (χ3n) is 3.13. The summed E-state index contributed by atoms with van der Waals surface area (Å²) in [6.45, 7) is 5.97. The number of rotatable bonds is 12. The van der Waals surface area contributed by atoms with Gasteiger partial charge in [0.15, 0.2) is 6.10 Å². The Kier molecular flexibility index (Phi) is 12.3. The van der Waals surface area contributed by atoms with Gasteiger partial charge in [-0.3, -0.25) is 4.79 Å². The number of hydrogen-bond donors (Lipinski definition) is 0. The van der Waals surface area contributed by atoms with Gasteiger partial charge in [-0.25, -0.2) is 4.79 Å². The van der Waals surface area contributed by atoms with Gasteiger partial charge in [-0.1, -0.05) is 52.4 Å². The Hall–Kier alpha value is -1.06. The second-order valence-corrected chi connectivity index (χ2v) is 5.18. The van der Waals surface area contributed by atoms with Gasteiger partial charge in [0.2, 0.25) is 0 Å². The minimum absolute atomic E-state index is 0.401. The normalized spacial score (nSPS) is 11.9. The molecule has 0 spiro atoms. The molecule has 0 heterocycles. The van der Waals surface area contributed by atoms with Gasteiger partial charge in [-0.2, -0.15) is 0 Å². The van der Waals surface area contributed by atoms with Crippen LogP contribution < -0.4 is 0 Å². The van der Waals surface area contributed by atoms with E-state index in [9.17, 15) is 9.59 Å². The summed E-state index contributed by atoms with van der Waals surface area (Å²) in [5.74, 6) is -0.829. The van der Waals surface area contributed by atoms with Crippen LogP contribution in [-0.4, -0.2) is 24.6 Å². The van der Waals surface area contributed by atoms with Gasteiger partial charge in [0.25, 0.3) is 0 Å². The molecule has 0 fully saturated rings. The van der Waals surface area contributed by atoms with Crippen LogP contribution in [0.2, 0.25) is 0 Å². The summed E-state index contributed by atoms with van der Waals surface area (Å²) in [7, 11) is 0.